The van der Waals surface area contributed by atoms with Crippen LogP contribution in [0, 0.1) is 13.8 Å². The summed E-state index contributed by atoms with van der Waals surface area (Å²) in [5.74, 6) is 3.33. The van der Waals surface area contributed by atoms with Crippen molar-refractivity contribution in [1.29, 1.82) is 0 Å². The highest BCUT2D eigenvalue weighted by molar-refractivity contribution is 5.70. The van der Waals surface area contributed by atoms with Crippen molar-refractivity contribution in [3.8, 4) is 34.0 Å². The first kappa shape index (κ1) is 32.9. The van der Waals surface area contributed by atoms with Crippen molar-refractivity contribution in [2.45, 2.75) is 65.2 Å². The van der Waals surface area contributed by atoms with Gasteiger partial charge in [0.05, 0.1) is 21.3 Å². The number of benzene rings is 2. The molecule has 0 saturated heterocycles. The number of rotatable bonds is 13. The Morgan fingerprint density at radius 2 is 1.16 bits per heavy atom. The van der Waals surface area contributed by atoms with Gasteiger partial charge in [0.2, 0.25) is 0 Å². The quantitative estimate of drug-likeness (QED) is 0.131. The molecule has 0 aliphatic carbocycles. The molecule has 0 amide bonds. The molecule has 0 aliphatic heterocycles. The summed E-state index contributed by atoms with van der Waals surface area (Å²) in [5, 5.41) is 9.87. The molecule has 0 saturated carbocycles. The number of methoxy groups -OCH3 is 3. The Morgan fingerprint density at radius 1 is 0.698 bits per heavy atom. The second-order valence-corrected chi connectivity index (χ2v) is 9.81. The zero-order chi connectivity index (χ0) is 31.2. The predicted octanol–water partition coefficient (Wildman–Crippen LogP) is 6.79. The Kier molecular flexibility index (Phi) is 12.8. The van der Waals surface area contributed by atoms with Crippen molar-refractivity contribution in [2.75, 3.05) is 21.3 Å². The van der Waals surface area contributed by atoms with Crippen molar-refractivity contribution in [1.82, 2.24) is 9.97 Å². The van der Waals surface area contributed by atoms with Gasteiger partial charge < -0.3 is 28.2 Å². The van der Waals surface area contributed by atoms with Crippen LogP contribution in [0.2, 0.25) is 0 Å². The van der Waals surface area contributed by atoms with Crippen LogP contribution in [0.25, 0.3) is 22.5 Å². The van der Waals surface area contributed by atoms with Crippen molar-refractivity contribution in [3.63, 3.8) is 0 Å². The third kappa shape index (κ3) is 9.73. The Balaban J connectivity index is 0.000000236. The lowest BCUT2D eigenvalue weighted by Gasteiger charge is -2.05. The molecule has 2 heterocycles. The van der Waals surface area contributed by atoms with E-state index in [1.165, 1.54) is 14.2 Å². The topological polar surface area (TPSA) is 134 Å². The van der Waals surface area contributed by atoms with Crippen LogP contribution in [-0.4, -0.2) is 48.3 Å². The molecule has 230 valence electrons. The summed E-state index contributed by atoms with van der Waals surface area (Å²) in [6.45, 7) is 3.72. The maximum Gasteiger partial charge on any atom is 0.305 e. The number of carbonyl (C=O) groups excluding carboxylic acids is 2. The van der Waals surface area contributed by atoms with Crippen molar-refractivity contribution in [3.05, 3.63) is 71.8 Å². The fourth-order valence-electron chi connectivity index (χ4n) is 4.43. The number of phenolic OH excluding ortho intramolecular Hbond substituents is 1. The number of para-hydroxylation sites is 2. The summed E-state index contributed by atoms with van der Waals surface area (Å²) in [5.41, 5.74) is 3.06. The number of aryl methyl sites for hydroxylation is 4. The number of oxazole rings is 2. The molecule has 4 aromatic rings. The minimum atomic E-state index is -0.200. The maximum atomic E-state index is 11.1. The van der Waals surface area contributed by atoms with Crippen LogP contribution in [0.1, 0.15) is 61.8 Å². The molecular weight excluding hydrogens is 552 g/mol. The van der Waals surface area contributed by atoms with E-state index in [2.05, 4.69) is 19.4 Å². The van der Waals surface area contributed by atoms with E-state index in [-0.39, 0.29) is 17.7 Å². The van der Waals surface area contributed by atoms with Crippen LogP contribution in [-0.2, 0) is 31.9 Å². The number of carbonyl (C=O) groups is 2. The van der Waals surface area contributed by atoms with Gasteiger partial charge in [-0.3, -0.25) is 9.59 Å². The highest BCUT2D eigenvalue weighted by atomic mass is 16.5. The molecule has 0 unspecified atom stereocenters. The molecule has 0 bridgehead atoms. The smallest absolute Gasteiger partial charge is 0.305 e. The monoisotopic (exact) mass is 592 g/mol. The normalized spacial score (nSPS) is 10.5. The van der Waals surface area contributed by atoms with Gasteiger partial charge in [-0.05, 0) is 63.8 Å². The highest BCUT2D eigenvalue weighted by Gasteiger charge is 2.16. The third-order valence-electron chi connectivity index (χ3n) is 6.70. The molecular formula is C33H40N2O8. The van der Waals surface area contributed by atoms with E-state index in [0.29, 0.717) is 54.5 Å². The van der Waals surface area contributed by atoms with Crippen LogP contribution >= 0.6 is 0 Å². The Morgan fingerprint density at radius 3 is 1.65 bits per heavy atom. The van der Waals surface area contributed by atoms with E-state index in [4.69, 9.17) is 13.6 Å². The first-order chi connectivity index (χ1) is 20.8. The lowest BCUT2D eigenvalue weighted by Crippen LogP contribution is -1.99. The second-order valence-electron chi connectivity index (χ2n) is 9.81. The van der Waals surface area contributed by atoms with Crippen molar-refractivity contribution < 1.29 is 37.7 Å². The summed E-state index contributed by atoms with van der Waals surface area (Å²) in [4.78, 5) is 31.1. The Labute approximate surface area is 252 Å². The summed E-state index contributed by atoms with van der Waals surface area (Å²) in [7, 11) is 4.43. The van der Waals surface area contributed by atoms with Gasteiger partial charge in [-0.2, -0.15) is 0 Å². The van der Waals surface area contributed by atoms with Crippen LogP contribution in [0.4, 0.5) is 0 Å². The van der Waals surface area contributed by atoms with Gasteiger partial charge >= 0.3 is 11.9 Å². The number of hydrogen-bond acceptors (Lipinski definition) is 10. The minimum absolute atomic E-state index is 0.182. The van der Waals surface area contributed by atoms with E-state index >= 15 is 0 Å². The largest absolute Gasteiger partial charge is 0.507 e. The molecule has 0 fully saturated rings. The predicted molar refractivity (Wildman–Crippen MR) is 161 cm³/mol. The molecule has 0 radical (unpaired) electrons. The SMILES string of the molecule is COC(=O)CCCCc1nc(-c2ccccc2O)c(C)o1.COC(=O)CCCCc1nc(-c2ccccc2OC)c(C)o1. The molecule has 43 heavy (non-hydrogen) atoms. The zero-order valence-corrected chi connectivity index (χ0v) is 25.5. The van der Waals surface area contributed by atoms with Gasteiger partial charge in [0.15, 0.2) is 11.8 Å². The van der Waals surface area contributed by atoms with Crippen LogP contribution in [0.5, 0.6) is 11.5 Å². The maximum absolute atomic E-state index is 11.1. The lowest BCUT2D eigenvalue weighted by atomic mass is 10.1. The third-order valence-corrected chi connectivity index (χ3v) is 6.70. The van der Waals surface area contributed by atoms with Crippen LogP contribution in [0.3, 0.4) is 0 Å². The minimum Gasteiger partial charge on any atom is -0.507 e. The van der Waals surface area contributed by atoms with Crippen LogP contribution < -0.4 is 4.74 Å². The fraction of sp³-hybridized carbons (Fsp3) is 0.394. The number of aromatic hydroxyl groups is 1. The molecule has 0 atom stereocenters. The number of esters is 2. The Bertz CT molecular complexity index is 1470. The second kappa shape index (κ2) is 16.7. The average Bonchev–Trinajstić information content (AvgIpc) is 3.58. The number of nitrogens with zero attached hydrogens (tertiary/aromatic N) is 2. The van der Waals surface area contributed by atoms with E-state index in [0.717, 1.165) is 48.5 Å². The molecule has 10 heteroatoms. The van der Waals surface area contributed by atoms with Gasteiger partial charge in [0.25, 0.3) is 0 Å². The molecule has 4 rings (SSSR count). The van der Waals surface area contributed by atoms with Crippen molar-refractivity contribution in [2.24, 2.45) is 0 Å². The van der Waals surface area contributed by atoms with E-state index in [1.807, 2.05) is 44.2 Å². The molecule has 10 nitrogen and oxygen atoms in total. The summed E-state index contributed by atoms with van der Waals surface area (Å²) in [6, 6.07) is 14.8. The number of hydrogen-bond donors (Lipinski definition) is 1. The summed E-state index contributed by atoms with van der Waals surface area (Å²) < 4.78 is 25.9. The number of phenols is 1. The Hall–Kier alpha value is -4.60. The zero-order valence-electron chi connectivity index (χ0n) is 25.5. The first-order valence-corrected chi connectivity index (χ1v) is 14.2. The average molecular weight is 593 g/mol. The van der Waals surface area contributed by atoms with Gasteiger partial charge in [-0.1, -0.05) is 24.3 Å². The van der Waals surface area contributed by atoms with E-state index in [1.54, 1.807) is 25.3 Å². The van der Waals surface area contributed by atoms with Gasteiger partial charge in [-0.25, -0.2) is 9.97 Å². The summed E-state index contributed by atoms with van der Waals surface area (Å²) >= 11 is 0. The van der Waals surface area contributed by atoms with Gasteiger partial charge in [0.1, 0.15) is 34.4 Å². The van der Waals surface area contributed by atoms with Crippen molar-refractivity contribution >= 4 is 11.9 Å². The molecule has 1 N–H and O–H groups in total. The van der Waals surface area contributed by atoms with Gasteiger partial charge in [-0.15, -0.1) is 0 Å². The first-order valence-electron chi connectivity index (χ1n) is 14.2. The molecule has 2 aromatic heterocycles. The van der Waals surface area contributed by atoms with E-state index < -0.39 is 0 Å². The molecule has 0 aliphatic rings. The molecule has 2 aromatic carbocycles. The number of ether oxygens (including phenoxy) is 3. The van der Waals surface area contributed by atoms with Gasteiger partial charge in [0, 0.05) is 36.8 Å². The molecule has 0 spiro atoms. The number of aromatic nitrogens is 2. The van der Waals surface area contributed by atoms with E-state index in [9.17, 15) is 14.7 Å². The lowest BCUT2D eigenvalue weighted by molar-refractivity contribution is -0.141. The van der Waals surface area contributed by atoms with Crippen LogP contribution in [0.15, 0.2) is 57.4 Å². The summed E-state index contributed by atoms with van der Waals surface area (Å²) in [6.07, 6.45) is 5.32. The fourth-order valence-corrected chi connectivity index (χ4v) is 4.43. The standard InChI is InChI=1S/C17H21NO4.C16H19NO4/c1-12-17(13-8-4-5-9-14(13)20-2)18-15(22-12)10-6-7-11-16(19)21-3;1-11-16(12-7-3-4-8-13(12)18)17-14(21-11)9-5-6-10-15(19)20-2/h4-5,8-9H,6-7,10-11H2,1-3H3;3-4,7-8,18H,5-6,9-10H2,1-2H3. The highest BCUT2D eigenvalue weighted by Crippen LogP contribution is 2.32. The number of unbranched alkanes of at least 4 members (excludes halogenated alkanes) is 2.